The van der Waals surface area contributed by atoms with Gasteiger partial charge in [0.1, 0.15) is 0 Å². The second kappa shape index (κ2) is 36.3. The van der Waals surface area contributed by atoms with Gasteiger partial charge in [0.15, 0.2) is 0 Å². The molecule has 2 aliphatic carbocycles. The summed E-state index contributed by atoms with van der Waals surface area (Å²) < 4.78 is 41.3. The number of unbranched alkanes of at least 4 members (excludes halogenated alkanes) is 20. The molecule has 0 saturated carbocycles. The number of anilines is 6. The van der Waals surface area contributed by atoms with Crippen LogP contribution < -0.4 is 9.80 Å². The monoisotopic (exact) mass is 1440 g/mol. The van der Waals surface area contributed by atoms with Crippen molar-refractivity contribution in [3.05, 3.63) is 288 Å². The maximum atomic E-state index is 13.8. The van der Waals surface area contributed by atoms with E-state index < -0.39 is 11.7 Å². The number of aryl methyl sites for hydroxylation is 2. The molecular weight excluding hydrogens is 1320 g/mol. The molecule has 0 bridgehead atoms. The molecule has 0 aliphatic heterocycles. The van der Waals surface area contributed by atoms with Crippen LogP contribution in [0.2, 0.25) is 0 Å². The topological polar surface area (TPSA) is 6.48 Å². The van der Waals surface area contributed by atoms with Crippen molar-refractivity contribution in [3.8, 4) is 66.8 Å². The molecule has 0 atom stereocenters. The van der Waals surface area contributed by atoms with Crippen LogP contribution in [0.4, 0.5) is 47.3 Å². The summed E-state index contributed by atoms with van der Waals surface area (Å²) in [6, 6.07) is 89.4. The van der Waals surface area contributed by atoms with E-state index in [1.807, 2.05) is 24.3 Å². The highest BCUT2D eigenvalue weighted by Gasteiger charge is 2.48. The lowest BCUT2D eigenvalue weighted by Gasteiger charge is -2.35. The van der Waals surface area contributed by atoms with Gasteiger partial charge in [-0.2, -0.15) is 13.2 Å². The van der Waals surface area contributed by atoms with Crippen molar-refractivity contribution in [3.63, 3.8) is 0 Å². The predicted octanol–water partition coefficient (Wildman–Crippen LogP) is 32.5. The van der Waals surface area contributed by atoms with E-state index in [2.05, 4.69) is 252 Å². The molecule has 0 N–H and O–H groups in total. The summed E-state index contributed by atoms with van der Waals surface area (Å²) in [5.41, 5.74) is 28.7. The molecule has 0 unspecified atom stereocenters. The van der Waals surface area contributed by atoms with E-state index in [0.717, 1.165) is 62.4 Å². The Morgan fingerprint density at radius 1 is 0.241 bits per heavy atom. The molecule has 11 aromatic rings. The zero-order chi connectivity index (χ0) is 74.9. The lowest BCUT2D eigenvalue weighted by molar-refractivity contribution is -0.137. The Bertz CT molecular complexity index is 4630. The molecule has 13 rings (SSSR count). The van der Waals surface area contributed by atoms with E-state index in [1.54, 1.807) is 28.3 Å². The number of hydrogen-bond acceptors (Lipinski definition) is 2. The van der Waals surface area contributed by atoms with Crippen LogP contribution in [-0.4, -0.2) is 0 Å². The van der Waals surface area contributed by atoms with E-state index in [4.69, 9.17) is 0 Å². The number of nitrogens with zero attached hydrogens (tertiary/aromatic N) is 2. The molecular formula is C103H115F3N2. The molecule has 5 heteroatoms. The van der Waals surface area contributed by atoms with Gasteiger partial charge in [-0.3, -0.25) is 0 Å². The van der Waals surface area contributed by atoms with Gasteiger partial charge in [-0.25, -0.2) is 0 Å². The van der Waals surface area contributed by atoms with Crippen LogP contribution >= 0.6 is 0 Å². The van der Waals surface area contributed by atoms with E-state index in [1.165, 1.54) is 242 Å². The quantitative estimate of drug-likeness (QED) is 0.0356. The second-order valence-electron chi connectivity index (χ2n) is 31.7. The number of rotatable bonds is 38. The van der Waals surface area contributed by atoms with Crippen LogP contribution in [0.25, 0.3) is 66.8 Å². The summed E-state index contributed by atoms with van der Waals surface area (Å²) in [6.07, 6.45) is 31.7. The maximum absolute atomic E-state index is 13.8. The number of halogens is 3. The van der Waals surface area contributed by atoms with Crippen molar-refractivity contribution in [1.29, 1.82) is 0 Å². The van der Waals surface area contributed by atoms with Crippen LogP contribution in [0.5, 0.6) is 0 Å². The van der Waals surface area contributed by atoms with Crippen molar-refractivity contribution in [2.24, 2.45) is 0 Å². The molecule has 0 spiro atoms. The average Bonchev–Trinajstić information content (AvgIpc) is 1.53. The van der Waals surface area contributed by atoms with Crippen molar-refractivity contribution in [2.45, 2.75) is 238 Å². The van der Waals surface area contributed by atoms with Gasteiger partial charge in [-0.1, -0.05) is 339 Å². The Labute approximate surface area is 646 Å². The Hall–Kier alpha value is -9.19. The first-order valence-electron chi connectivity index (χ1n) is 41.7. The molecule has 0 radical (unpaired) electrons. The van der Waals surface area contributed by atoms with Gasteiger partial charge >= 0.3 is 6.18 Å². The number of benzene rings is 11. The highest BCUT2D eigenvalue weighted by atomic mass is 19.4. The average molecular weight is 1440 g/mol. The lowest BCUT2D eigenvalue weighted by atomic mass is 9.68. The molecule has 11 aromatic carbocycles. The Kier molecular flexibility index (Phi) is 25.9. The number of alkyl halides is 3. The smallest absolute Gasteiger partial charge is 0.311 e. The summed E-state index contributed by atoms with van der Waals surface area (Å²) in [4.78, 5) is 4.59. The highest BCUT2D eigenvalue weighted by molar-refractivity contribution is 5.92. The van der Waals surface area contributed by atoms with Crippen molar-refractivity contribution < 1.29 is 13.2 Å². The van der Waals surface area contributed by atoms with Crippen LogP contribution in [0, 0.1) is 13.8 Å². The lowest BCUT2D eigenvalue weighted by Crippen LogP contribution is -2.27. The number of hydrogen-bond donors (Lipinski definition) is 0. The fourth-order valence-corrected chi connectivity index (χ4v) is 18.0. The van der Waals surface area contributed by atoms with E-state index in [-0.39, 0.29) is 10.8 Å². The third-order valence-electron chi connectivity index (χ3n) is 24.0. The molecule has 0 heterocycles. The SMILES string of the molecule is CCCCCCCCC1(CCCCCCCC)c2cc(C)ccc2-c2cc3c(cc21)-c1ccc(-c2ccc(N(c4ccc(-c5ccccc5)cc4)c4ccc(-c5ccc(N(c6ccc(C)cc6)c6ccc(-c7cccc(C(F)(F)F)c7)cc6)cc5)cc4)cc2)cc1C3(CCCCCCCC)CCCCCCCC. The Balaban J connectivity index is 0.851. The van der Waals surface area contributed by atoms with Gasteiger partial charge in [-0.15, -0.1) is 0 Å². The highest BCUT2D eigenvalue weighted by Crippen LogP contribution is 2.62. The minimum Gasteiger partial charge on any atom is -0.311 e. The van der Waals surface area contributed by atoms with Gasteiger partial charge in [0.05, 0.1) is 5.56 Å². The minimum absolute atomic E-state index is 0.00982. The van der Waals surface area contributed by atoms with Crippen molar-refractivity contribution in [1.82, 2.24) is 0 Å². The third kappa shape index (κ3) is 17.6. The van der Waals surface area contributed by atoms with Crippen molar-refractivity contribution >= 4 is 34.1 Å². The van der Waals surface area contributed by atoms with Gasteiger partial charge in [0.2, 0.25) is 0 Å². The largest absolute Gasteiger partial charge is 0.416 e. The van der Waals surface area contributed by atoms with Crippen LogP contribution in [-0.2, 0) is 17.0 Å². The zero-order valence-corrected chi connectivity index (χ0v) is 65.5. The van der Waals surface area contributed by atoms with E-state index >= 15 is 0 Å². The van der Waals surface area contributed by atoms with Crippen molar-refractivity contribution in [2.75, 3.05) is 9.80 Å². The summed E-state index contributed by atoms with van der Waals surface area (Å²) in [7, 11) is 0. The minimum atomic E-state index is -4.42. The Morgan fingerprint density at radius 2 is 0.519 bits per heavy atom. The summed E-state index contributed by atoms with van der Waals surface area (Å²) >= 11 is 0. The van der Waals surface area contributed by atoms with Gasteiger partial charge in [0.25, 0.3) is 0 Å². The van der Waals surface area contributed by atoms with E-state index in [9.17, 15) is 13.2 Å². The summed E-state index contributed by atoms with van der Waals surface area (Å²) in [6.45, 7) is 13.8. The van der Waals surface area contributed by atoms with Gasteiger partial charge in [-0.05, 0) is 232 Å². The first-order valence-corrected chi connectivity index (χ1v) is 41.7. The fraction of sp³-hybridized carbons (Fsp3) is 0.359. The molecule has 108 heavy (non-hydrogen) atoms. The van der Waals surface area contributed by atoms with Gasteiger partial charge in [0, 0.05) is 45.0 Å². The molecule has 2 nitrogen and oxygen atoms in total. The van der Waals surface area contributed by atoms with E-state index in [0.29, 0.717) is 5.56 Å². The zero-order valence-electron chi connectivity index (χ0n) is 65.5. The number of fused-ring (bicyclic) bond motifs is 6. The summed E-state index contributed by atoms with van der Waals surface area (Å²) in [5.74, 6) is 0. The van der Waals surface area contributed by atoms with Gasteiger partial charge < -0.3 is 9.80 Å². The molecule has 558 valence electrons. The Morgan fingerprint density at radius 3 is 0.889 bits per heavy atom. The normalized spacial score (nSPS) is 13.1. The van der Waals surface area contributed by atoms with Crippen LogP contribution in [0.1, 0.15) is 246 Å². The molecule has 0 fully saturated rings. The molecule has 0 amide bonds. The van der Waals surface area contributed by atoms with Crippen LogP contribution in [0.15, 0.2) is 249 Å². The first-order chi connectivity index (χ1) is 52.8. The first kappa shape index (κ1) is 77.0. The van der Waals surface area contributed by atoms with Crippen LogP contribution in [0.3, 0.4) is 0 Å². The maximum Gasteiger partial charge on any atom is 0.416 e. The fourth-order valence-electron chi connectivity index (χ4n) is 18.0. The molecule has 0 aromatic heterocycles. The third-order valence-corrected chi connectivity index (χ3v) is 24.0. The summed E-state index contributed by atoms with van der Waals surface area (Å²) in [5, 5.41) is 0. The standard InChI is InChI=1S/C103H115F3N2/c1-7-11-15-19-23-30-67-101(68-31-24-20-16-12-8-2)97-71-77(6)41-65-93(97)95-74-100-96(75-99(95)101)94-66-52-85(73-98(94)102(100,69-32-25-21-17-13-9-3)70-33-26-22-18-14-10-4)83-50-63-92(64-51-83)108(89-55-42-79(43-56-89)78-35-28-27-29-36-78)90-59-46-81(47-60-90)80-44-57-88(58-45-80)107(87-53-39-76(5)40-54-87)91-61-48-82(49-62-91)84-37-34-38-86(72-84)103(104,105)106/h27-29,34-66,71-75H,7-26,30-33,67-70H2,1-6H3. The molecule has 2 aliphatic rings. The predicted molar refractivity (Wildman–Crippen MR) is 456 cm³/mol. The molecule has 0 saturated heterocycles. The second-order valence-corrected chi connectivity index (χ2v) is 31.7.